The molecule has 0 aliphatic carbocycles. The fourth-order valence-electron chi connectivity index (χ4n) is 3.05. The van der Waals surface area contributed by atoms with Crippen LogP contribution in [-0.4, -0.2) is 53.4 Å². The Balaban J connectivity index is 1.75. The molecule has 156 valence electrons. The number of anilines is 1. The van der Waals surface area contributed by atoms with Gasteiger partial charge in [0, 0.05) is 37.4 Å². The third kappa shape index (κ3) is 4.75. The predicted molar refractivity (Wildman–Crippen MR) is 114 cm³/mol. The minimum Gasteiger partial charge on any atom is -0.462 e. The third-order valence-corrected chi connectivity index (χ3v) is 5.13. The summed E-state index contributed by atoms with van der Waals surface area (Å²) in [5.74, 6) is -0.640. The number of esters is 1. The number of benzene rings is 1. The number of nitriles is 1. The quantitative estimate of drug-likeness (QED) is 0.395. The first-order valence-electron chi connectivity index (χ1n) is 9.26. The number of hydrogen-bond donors (Lipinski definition) is 0. The molecule has 0 spiro atoms. The summed E-state index contributed by atoms with van der Waals surface area (Å²) >= 11 is 12.4. The molecule has 1 aliphatic heterocycles. The Morgan fingerprint density at radius 1 is 1.30 bits per heavy atom. The van der Waals surface area contributed by atoms with Gasteiger partial charge in [-0.1, -0.05) is 29.3 Å². The number of carbonyl (C=O) groups excluding carboxylic acids is 1. The third-order valence-electron chi connectivity index (χ3n) is 4.54. The molecule has 2 heterocycles. The highest BCUT2D eigenvalue weighted by atomic mass is 35.5. The van der Waals surface area contributed by atoms with E-state index in [1.165, 1.54) is 10.9 Å². The topological polar surface area (TPSA) is 91.5 Å². The van der Waals surface area contributed by atoms with Crippen molar-refractivity contribution in [2.45, 2.75) is 6.92 Å². The van der Waals surface area contributed by atoms with Crippen LogP contribution in [0.4, 0.5) is 5.69 Å². The van der Waals surface area contributed by atoms with Gasteiger partial charge in [-0.25, -0.2) is 4.79 Å². The number of rotatable bonds is 5. The Labute approximate surface area is 183 Å². The zero-order valence-corrected chi connectivity index (χ0v) is 17.7. The smallest absolute Gasteiger partial charge is 0.350 e. The zero-order chi connectivity index (χ0) is 21.7. The van der Waals surface area contributed by atoms with Gasteiger partial charge >= 0.3 is 5.97 Å². The normalized spacial score (nSPS) is 14.4. The standard InChI is InChI=1S/C20H19Cl2N5O3/c1-2-30-20(29)14(11-23)13-25-6-8-26(9-7-25)17-12-24-27(19(28)18(17)22)16-5-3-4-15(21)10-16/h3-5,10,12-13H,2,6-9H2,1H3/b14-13-. The van der Waals surface area contributed by atoms with Crippen LogP contribution in [0.3, 0.4) is 0 Å². The molecule has 0 N–H and O–H groups in total. The first kappa shape index (κ1) is 21.7. The molecule has 0 bridgehead atoms. The fraction of sp³-hybridized carbons (Fsp3) is 0.300. The van der Waals surface area contributed by atoms with Crippen molar-refractivity contribution < 1.29 is 9.53 Å². The predicted octanol–water partition coefficient (Wildman–Crippen LogP) is 2.63. The van der Waals surface area contributed by atoms with E-state index in [4.69, 9.17) is 33.2 Å². The second kappa shape index (κ2) is 9.65. The number of hydrogen-bond acceptors (Lipinski definition) is 7. The highest BCUT2D eigenvalue weighted by Gasteiger charge is 2.22. The molecule has 10 heteroatoms. The number of carbonyl (C=O) groups is 1. The molecule has 1 fully saturated rings. The molecule has 1 aliphatic rings. The molecule has 0 unspecified atom stereocenters. The average Bonchev–Trinajstić information content (AvgIpc) is 2.74. The number of aromatic nitrogens is 2. The SMILES string of the molecule is CCOC(=O)/C(C#N)=C\N1CCN(c2cnn(-c3cccc(Cl)c3)c(=O)c2Cl)CC1. The van der Waals surface area contributed by atoms with E-state index in [-0.39, 0.29) is 17.2 Å². The van der Waals surface area contributed by atoms with Crippen molar-refractivity contribution in [1.82, 2.24) is 14.7 Å². The lowest BCUT2D eigenvalue weighted by atomic mass is 10.2. The Morgan fingerprint density at radius 3 is 2.67 bits per heavy atom. The van der Waals surface area contributed by atoms with E-state index in [0.717, 1.165) is 0 Å². The van der Waals surface area contributed by atoms with E-state index >= 15 is 0 Å². The van der Waals surface area contributed by atoms with Crippen molar-refractivity contribution in [2.24, 2.45) is 0 Å². The van der Waals surface area contributed by atoms with Crippen molar-refractivity contribution in [3.05, 3.63) is 62.6 Å². The van der Waals surface area contributed by atoms with Gasteiger partial charge in [-0.3, -0.25) is 4.79 Å². The lowest BCUT2D eigenvalue weighted by Gasteiger charge is -2.35. The van der Waals surface area contributed by atoms with E-state index in [9.17, 15) is 9.59 Å². The molecular weight excluding hydrogens is 429 g/mol. The van der Waals surface area contributed by atoms with Gasteiger partial charge in [0.2, 0.25) is 0 Å². The molecule has 1 aromatic heterocycles. The summed E-state index contributed by atoms with van der Waals surface area (Å²) in [6.45, 7) is 4.05. The van der Waals surface area contributed by atoms with Crippen molar-refractivity contribution in [2.75, 3.05) is 37.7 Å². The Morgan fingerprint density at radius 2 is 2.03 bits per heavy atom. The van der Waals surface area contributed by atoms with Crippen LogP contribution in [0.1, 0.15) is 6.92 Å². The van der Waals surface area contributed by atoms with Gasteiger partial charge in [-0.05, 0) is 25.1 Å². The van der Waals surface area contributed by atoms with Crippen molar-refractivity contribution in [3.63, 3.8) is 0 Å². The van der Waals surface area contributed by atoms with Crippen molar-refractivity contribution in [1.29, 1.82) is 5.26 Å². The van der Waals surface area contributed by atoms with E-state index in [1.807, 2.05) is 15.9 Å². The highest BCUT2D eigenvalue weighted by molar-refractivity contribution is 6.33. The van der Waals surface area contributed by atoms with Gasteiger partial charge < -0.3 is 14.5 Å². The molecule has 3 rings (SSSR count). The molecule has 0 saturated carbocycles. The summed E-state index contributed by atoms with van der Waals surface area (Å²) in [5, 5.41) is 14.0. The van der Waals surface area contributed by atoms with E-state index < -0.39 is 11.5 Å². The molecule has 1 saturated heterocycles. The van der Waals surface area contributed by atoms with Gasteiger partial charge in [-0.15, -0.1) is 0 Å². The maximum Gasteiger partial charge on any atom is 0.350 e. The highest BCUT2D eigenvalue weighted by Crippen LogP contribution is 2.23. The minimum atomic E-state index is -0.640. The molecular formula is C20H19Cl2N5O3. The summed E-state index contributed by atoms with van der Waals surface area (Å²) < 4.78 is 6.08. The number of halogens is 2. The second-order valence-electron chi connectivity index (χ2n) is 6.44. The molecule has 8 nitrogen and oxygen atoms in total. The van der Waals surface area contributed by atoms with E-state index in [2.05, 4.69) is 5.10 Å². The zero-order valence-electron chi connectivity index (χ0n) is 16.2. The second-order valence-corrected chi connectivity index (χ2v) is 7.25. The number of piperazine rings is 1. The van der Waals surface area contributed by atoms with Crippen LogP contribution in [0.5, 0.6) is 0 Å². The van der Waals surface area contributed by atoms with Crippen LogP contribution < -0.4 is 10.5 Å². The summed E-state index contributed by atoms with van der Waals surface area (Å²) in [6.07, 6.45) is 3.06. The number of ether oxygens (including phenoxy) is 1. The molecule has 2 aromatic rings. The fourth-order valence-corrected chi connectivity index (χ4v) is 3.48. The summed E-state index contributed by atoms with van der Waals surface area (Å²) in [4.78, 5) is 28.3. The van der Waals surface area contributed by atoms with Crippen molar-refractivity contribution in [3.8, 4) is 11.8 Å². The molecule has 30 heavy (non-hydrogen) atoms. The van der Waals surface area contributed by atoms with Crippen LogP contribution in [0.2, 0.25) is 10.0 Å². The minimum absolute atomic E-state index is 0.0471. The van der Waals surface area contributed by atoms with E-state index in [0.29, 0.717) is 42.6 Å². The summed E-state index contributed by atoms with van der Waals surface area (Å²) in [5.41, 5.74) is 0.579. The van der Waals surface area contributed by atoms with Crippen LogP contribution in [-0.2, 0) is 9.53 Å². The summed E-state index contributed by atoms with van der Waals surface area (Å²) in [7, 11) is 0. The molecule has 0 amide bonds. The molecule has 0 radical (unpaired) electrons. The summed E-state index contributed by atoms with van der Waals surface area (Å²) in [6, 6.07) is 8.65. The number of nitrogens with zero attached hydrogens (tertiary/aromatic N) is 5. The monoisotopic (exact) mass is 447 g/mol. The maximum atomic E-state index is 12.7. The Kier molecular flexibility index (Phi) is 6.98. The van der Waals surface area contributed by atoms with Gasteiger partial charge in [0.1, 0.15) is 11.1 Å². The van der Waals surface area contributed by atoms with Crippen molar-refractivity contribution >= 4 is 34.9 Å². The first-order chi connectivity index (χ1) is 14.4. The van der Waals surface area contributed by atoms with Crippen LogP contribution in [0.25, 0.3) is 5.69 Å². The van der Waals surface area contributed by atoms with E-state index in [1.54, 1.807) is 37.4 Å². The first-order valence-corrected chi connectivity index (χ1v) is 10.0. The maximum absolute atomic E-state index is 12.7. The molecule has 0 atom stereocenters. The largest absolute Gasteiger partial charge is 0.462 e. The van der Waals surface area contributed by atoms with Gasteiger partial charge in [0.05, 0.1) is 24.2 Å². The molecule has 1 aromatic carbocycles. The van der Waals surface area contributed by atoms with Gasteiger partial charge in [0.25, 0.3) is 5.56 Å². The lowest BCUT2D eigenvalue weighted by molar-refractivity contribution is -0.138. The Bertz CT molecular complexity index is 1070. The van der Waals surface area contributed by atoms with Gasteiger partial charge in [0.15, 0.2) is 5.57 Å². The van der Waals surface area contributed by atoms with Crippen LogP contribution in [0, 0.1) is 11.3 Å². The van der Waals surface area contributed by atoms with Gasteiger partial charge in [-0.2, -0.15) is 15.0 Å². The Hall–Kier alpha value is -3.02. The van der Waals surface area contributed by atoms with Crippen LogP contribution in [0.15, 0.2) is 47.0 Å². The average molecular weight is 448 g/mol. The lowest BCUT2D eigenvalue weighted by Crippen LogP contribution is -2.45. The van der Waals surface area contributed by atoms with Crippen LogP contribution >= 0.6 is 23.2 Å².